The molecule has 3 nitrogen and oxygen atoms in total. The first kappa shape index (κ1) is 28.2. The number of terminal acetylenes is 1. The second kappa shape index (κ2) is 12.4. The summed E-state index contributed by atoms with van der Waals surface area (Å²) >= 11 is 0. The maximum absolute atomic E-state index is 13.1. The monoisotopic (exact) mass is 506 g/mol. The highest BCUT2D eigenvalue weighted by Crippen LogP contribution is 2.68. The molecule has 0 radical (unpaired) electrons. The standard InChI is InChI=1S/C34H50O3/c1-5-8-9-10-11-12-13-14-15-16-31(36)37-34(7-3)22-21-30-29-19-17-26-23-27(35)18-20-28(26)32(29)25(4)24-33(30,34)6-2/h3,23,28-30,32H,4-6,8-22,24H2,1-2H3/t28-,29-,30-,32+,33-,34-/m0/s1. The summed E-state index contributed by atoms with van der Waals surface area (Å²) in [7, 11) is 0. The van der Waals surface area contributed by atoms with Gasteiger partial charge in [0.15, 0.2) is 11.4 Å². The van der Waals surface area contributed by atoms with Crippen molar-refractivity contribution in [2.75, 3.05) is 0 Å². The zero-order chi connectivity index (χ0) is 26.5. The minimum Gasteiger partial charge on any atom is -0.445 e. The van der Waals surface area contributed by atoms with Crippen LogP contribution in [0.1, 0.15) is 129 Å². The Morgan fingerprint density at radius 2 is 1.76 bits per heavy atom. The van der Waals surface area contributed by atoms with Gasteiger partial charge in [-0.05, 0) is 81.1 Å². The lowest BCUT2D eigenvalue weighted by Crippen LogP contribution is -2.55. The van der Waals surface area contributed by atoms with E-state index in [9.17, 15) is 9.59 Å². The van der Waals surface area contributed by atoms with Crippen molar-refractivity contribution in [1.29, 1.82) is 0 Å². The van der Waals surface area contributed by atoms with Crippen LogP contribution in [0.3, 0.4) is 0 Å². The van der Waals surface area contributed by atoms with Gasteiger partial charge < -0.3 is 4.74 Å². The first-order valence-electron chi connectivity index (χ1n) is 15.5. The molecule has 0 saturated heterocycles. The summed E-state index contributed by atoms with van der Waals surface area (Å²) in [5.41, 5.74) is 1.62. The van der Waals surface area contributed by atoms with E-state index in [0.717, 1.165) is 57.8 Å². The molecule has 0 amide bonds. The Labute approximate surface area is 226 Å². The summed E-state index contributed by atoms with van der Waals surface area (Å²) in [5, 5.41) is 0. The van der Waals surface area contributed by atoms with Gasteiger partial charge in [-0.3, -0.25) is 9.59 Å². The van der Waals surface area contributed by atoms with Crippen LogP contribution in [-0.4, -0.2) is 17.4 Å². The summed E-state index contributed by atoms with van der Waals surface area (Å²) in [6.07, 6.45) is 27.1. The van der Waals surface area contributed by atoms with E-state index in [-0.39, 0.29) is 11.4 Å². The molecule has 204 valence electrons. The number of hydrogen-bond donors (Lipinski definition) is 0. The van der Waals surface area contributed by atoms with Gasteiger partial charge in [-0.25, -0.2) is 0 Å². The quantitative estimate of drug-likeness (QED) is 0.115. The Balaban J connectivity index is 1.37. The van der Waals surface area contributed by atoms with Crippen molar-refractivity contribution in [3.63, 3.8) is 0 Å². The second-order valence-electron chi connectivity index (χ2n) is 12.6. The van der Waals surface area contributed by atoms with Crippen molar-refractivity contribution in [1.82, 2.24) is 0 Å². The van der Waals surface area contributed by atoms with Gasteiger partial charge in [0.1, 0.15) is 0 Å². The molecule has 4 rings (SSSR count). The predicted molar refractivity (Wildman–Crippen MR) is 151 cm³/mol. The minimum atomic E-state index is -0.810. The maximum atomic E-state index is 13.1. The molecule has 0 N–H and O–H groups in total. The van der Waals surface area contributed by atoms with Gasteiger partial charge in [0.2, 0.25) is 0 Å². The van der Waals surface area contributed by atoms with Crippen molar-refractivity contribution < 1.29 is 14.3 Å². The fourth-order valence-corrected chi connectivity index (χ4v) is 8.89. The van der Waals surface area contributed by atoms with Crippen LogP contribution in [0.2, 0.25) is 0 Å². The van der Waals surface area contributed by atoms with E-state index in [2.05, 4.69) is 26.3 Å². The van der Waals surface area contributed by atoms with E-state index in [0.29, 0.717) is 42.3 Å². The Bertz CT molecular complexity index is 922. The van der Waals surface area contributed by atoms with Gasteiger partial charge in [0.05, 0.1) is 0 Å². The lowest BCUT2D eigenvalue weighted by atomic mass is 9.48. The number of ketones is 1. The molecular weight excluding hydrogens is 456 g/mol. The number of carbonyl (C=O) groups excluding carboxylic acids is 2. The van der Waals surface area contributed by atoms with Gasteiger partial charge in [0.25, 0.3) is 0 Å². The second-order valence-corrected chi connectivity index (χ2v) is 12.6. The average Bonchev–Trinajstić information content (AvgIpc) is 3.21. The molecule has 0 unspecified atom stereocenters. The van der Waals surface area contributed by atoms with Gasteiger partial charge in [-0.15, -0.1) is 6.42 Å². The molecule has 0 heterocycles. The Hall–Kier alpha value is -1.82. The zero-order valence-electron chi connectivity index (χ0n) is 23.6. The van der Waals surface area contributed by atoms with Gasteiger partial charge >= 0.3 is 5.97 Å². The molecule has 6 atom stereocenters. The molecule has 0 spiro atoms. The average molecular weight is 507 g/mol. The van der Waals surface area contributed by atoms with Crippen LogP contribution in [0, 0.1) is 41.4 Å². The molecule has 0 aliphatic heterocycles. The lowest BCUT2D eigenvalue weighted by molar-refractivity contribution is -0.170. The van der Waals surface area contributed by atoms with Crippen LogP contribution in [0.25, 0.3) is 0 Å². The fraction of sp³-hybridized carbons (Fsp3) is 0.765. The van der Waals surface area contributed by atoms with Gasteiger partial charge in [-0.2, -0.15) is 0 Å². The third-order valence-corrected chi connectivity index (χ3v) is 10.7. The molecule has 4 aliphatic carbocycles. The largest absolute Gasteiger partial charge is 0.445 e. The predicted octanol–water partition coefficient (Wildman–Crippen LogP) is 8.52. The summed E-state index contributed by atoms with van der Waals surface area (Å²) in [6, 6.07) is 0. The van der Waals surface area contributed by atoms with Crippen LogP contribution < -0.4 is 0 Å². The summed E-state index contributed by atoms with van der Waals surface area (Å²) in [5.74, 6) is 5.16. The first-order valence-corrected chi connectivity index (χ1v) is 15.5. The van der Waals surface area contributed by atoms with E-state index >= 15 is 0 Å². The maximum Gasteiger partial charge on any atom is 0.307 e. The summed E-state index contributed by atoms with van der Waals surface area (Å²) in [6.45, 7) is 9.11. The van der Waals surface area contributed by atoms with Crippen LogP contribution in [0.15, 0.2) is 23.8 Å². The van der Waals surface area contributed by atoms with Crippen molar-refractivity contribution in [3.05, 3.63) is 23.8 Å². The number of carbonyl (C=O) groups is 2. The Morgan fingerprint density at radius 3 is 2.43 bits per heavy atom. The van der Waals surface area contributed by atoms with Crippen LogP contribution in [-0.2, 0) is 14.3 Å². The molecule has 3 heteroatoms. The van der Waals surface area contributed by atoms with Gasteiger partial charge in [0, 0.05) is 18.3 Å². The zero-order valence-corrected chi connectivity index (χ0v) is 23.6. The molecule has 0 aromatic carbocycles. The van der Waals surface area contributed by atoms with Crippen LogP contribution in [0.4, 0.5) is 0 Å². The van der Waals surface area contributed by atoms with Crippen LogP contribution >= 0.6 is 0 Å². The van der Waals surface area contributed by atoms with Crippen molar-refractivity contribution in [3.8, 4) is 12.3 Å². The topological polar surface area (TPSA) is 43.4 Å². The van der Waals surface area contributed by atoms with E-state index in [4.69, 9.17) is 11.2 Å². The van der Waals surface area contributed by atoms with E-state index in [1.807, 2.05) is 6.08 Å². The van der Waals surface area contributed by atoms with E-state index < -0.39 is 5.60 Å². The number of hydrogen-bond acceptors (Lipinski definition) is 3. The van der Waals surface area contributed by atoms with Crippen molar-refractivity contribution in [2.45, 2.75) is 135 Å². The highest BCUT2D eigenvalue weighted by Gasteiger charge is 2.66. The molecule has 37 heavy (non-hydrogen) atoms. The minimum absolute atomic E-state index is 0.109. The first-order chi connectivity index (χ1) is 17.9. The number of ether oxygens (including phenoxy) is 1. The smallest absolute Gasteiger partial charge is 0.307 e. The lowest BCUT2D eigenvalue weighted by Gasteiger charge is -2.57. The molecule has 4 aliphatic rings. The number of unbranched alkanes of at least 4 members (excludes halogenated alkanes) is 8. The highest BCUT2D eigenvalue weighted by atomic mass is 16.6. The SMILES string of the molecule is C#C[C@]1(OC(=O)CCCCCCCCCCC)CC[C@H]2[C@@H]3CCC4=CC(=O)CC[C@@H]4[C@H]3C(=C)C[C@@]21CC. The number of fused-ring (bicyclic) bond motifs is 5. The van der Waals surface area contributed by atoms with E-state index in [1.54, 1.807) is 0 Å². The van der Waals surface area contributed by atoms with Crippen LogP contribution in [0.5, 0.6) is 0 Å². The van der Waals surface area contributed by atoms with Crippen molar-refractivity contribution in [2.24, 2.45) is 29.1 Å². The Kier molecular flexibility index (Phi) is 9.42. The summed E-state index contributed by atoms with van der Waals surface area (Å²) < 4.78 is 6.36. The third kappa shape index (κ3) is 5.51. The molecule has 3 saturated carbocycles. The van der Waals surface area contributed by atoms with E-state index in [1.165, 1.54) is 56.1 Å². The number of rotatable bonds is 12. The molecule has 3 fully saturated rings. The van der Waals surface area contributed by atoms with Gasteiger partial charge in [-0.1, -0.05) is 88.9 Å². The normalized spacial score (nSPS) is 34.7. The van der Waals surface area contributed by atoms with Crippen molar-refractivity contribution >= 4 is 11.8 Å². The Morgan fingerprint density at radius 1 is 1.05 bits per heavy atom. The highest BCUT2D eigenvalue weighted by molar-refractivity contribution is 5.91. The molecular formula is C34H50O3. The number of allylic oxidation sites excluding steroid dienone is 2. The molecule has 0 bridgehead atoms. The molecule has 0 aromatic heterocycles. The summed E-state index contributed by atoms with van der Waals surface area (Å²) in [4.78, 5) is 25.2. The fourth-order valence-electron chi connectivity index (χ4n) is 8.89. The molecule has 0 aromatic rings. The number of esters is 1. The third-order valence-electron chi connectivity index (χ3n) is 10.7.